The third kappa shape index (κ3) is 13.2. The first-order valence-electron chi connectivity index (χ1n) is 9.21. The summed E-state index contributed by atoms with van der Waals surface area (Å²) in [6.45, 7) is 7.82. The maximum absolute atomic E-state index is 14.2. The number of ketones is 1. The first-order valence-corrected chi connectivity index (χ1v) is 9.21. The molecule has 0 rings (SSSR count). The van der Waals surface area contributed by atoms with Gasteiger partial charge in [0.05, 0.1) is 0 Å². The quantitative estimate of drug-likeness (QED) is 0.282. The molecule has 0 aromatic rings. The molecule has 0 spiro atoms. The van der Waals surface area contributed by atoms with E-state index in [0.717, 1.165) is 6.92 Å². The molecule has 0 aromatic carbocycles. The number of carbonyl (C=O) groups excluding carboxylic acids is 3. The maximum Gasteiger partial charge on any atom is 0.334 e. The van der Waals surface area contributed by atoms with E-state index in [9.17, 15) is 27.8 Å². The van der Waals surface area contributed by atoms with Gasteiger partial charge in [-0.1, -0.05) is 0 Å². The van der Waals surface area contributed by atoms with Crippen LogP contribution in [0.2, 0.25) is 0 Å². The van der Waals surface area contributed by atoms with E-state index in [-0.39, 0.29) is 15.4 Å². The van der Waals surface area contributed by atoms with E-state index in [2.05, 4.69) is 0 Å². The molecule has 29 heavy (non-hydrogen) atoms. The summed E-state index contributed by atoms with van der Waals surface area (Å²) in [5.74, 6) is -2.67. The van der Waals surface area contributed by atoms with Crippen molar-refractivity contribution in [1.29, 1.82) is 0 Å². The lowest BCUT2D eigenvalue weighted by Crippen LogP contribution is -2.47. The molecule has 0 bridgehead atoms. The summed E-state index contributed by atoms with van der Waals surface area (Å²) in [7, 11) is 0. The highest BCUT2D eigenvalue weighted by Crippen LogP contribution is 2.13. The Morgan fingerprint density at radius 1 is 0.793 bits per heavy atom. The number of halogens is 3. The molecule has 0 aliphatic heterocycles. The Morgan fingerprint density at radius 2 is 1.24 bits per heavy atom. The smallest absolute Gasteiger partial charge is 0.334 e. The molecule has 0 fully saturated rings. The zero-order chi connectivity index (χ0) is 23.0. The fraction of sp³-hybridized carbons (Fsp3) is 0.833. The summed E-state index contributed by atoms with van der Waals surface area (Å²) in [5, 5.41) is 0.0738. The average Bonchev–Trinajstić information content (AvgIpc) is 2.46. The molecule has 8 nitrogen and oxygen atoms in total. The van der Waals surface area contributed by atoms with Crippen molar-refractivity contribution in [3.63, 3.8) is 0 Å². The van der Waals surface area contributed by atoms with Gasteiger partial charge in [-0.15, -0.1) is 28.8 Å². The Hall–Kier alpha value is -1.72. The van der Waals surface area contributed by atoms with Crippen molar-refractivity contribution in [2.24, 2.45) is 0 Å². The third-order valence-electron chi connectivity index (χ3n) is 3.16. The summed E-state index contributed by atoms with van der Waals surface area (Å²) in [5.41, 5.74) is -1.69. The van der Waals surface area contributed by atoms with Gasteiger partial charge in [0.1, 0.15) is 17.7 Å². The minimum Gasteiger partial charge on any atom is -0.459 e. The summed E-state index contributed by atoms with van der Waals surface area (Å²) in [6.07, 6.45) is 0. The minimum atomic E-state index is -1.81. The van der Waals surface area contributed by atoms with Gasteiger partial charge in [0, 0.05) is 26.2 Å². The Labute approximate surface area is 169 Å². The standard InChI is InChI=1S/C18H32F3N3O5/c1-13(25)15(16(27)29-18(5,6)7)24(21)11-10-22(19)8-9-23(20)12-14(26)28-17(2,3)4/h15H,8-12H2,1-7H3. The van der Waals surface area contributed by atoms with Crippen molar-refractivity contribution in [3.05, 3.63) is 0 Å². The van der Waals surface area contributed by atoms with Crippen molar-refractivity contribution >= 4 is 17.7 Å². The first kappa shape index (κ1) is 27.3. The molecule has 1 atom stereocenters. The second-order valence-electron chi connectivity index (χ2n) is 8.51. The summed E-state index contributed by atoms with van der Waals surface area (Å²) in [6, 6.07) is -1.81. The minimum absolute atomic E-state index is 0.0763. The van der Waals surface area contributed by atoms with Crippen LogP contribution < -0.4 is 0 Å². The van der Waals surface area contributed by atoms with E-state index in [1.807, 2.05) is 0 Å². The monoisotopic (exact) mass is 427 g/mol. The van der Waals surface area contributed by atoms with Gasteiger partial charge in [-0.25, -0.2) is 4.79 Å². The Morgan fingerprint density at radius 3 is 1.69 bits per heavy atom. The van der Waals surface area contributed by atoms with Crippen LogP contribution in [0.5, 0.6) is 0 Å². The molecule has 0 aliphatic carbocycles. The van der Waals surface area contributed by atoms with Crippen LogP contribution in [0.4, 0.5) is 13.4 Å². The van der Waals surface area contributed by atoms with Crippen LogP contribution in [-0.4, -0.2) is 83.1 Å². The number of Topliss-reactive ketones (excluding diaryl/α,β-unsaturated/α-hetero) is 1. The molecule has 0 heterocycles. The molecule has 11 heteroatoms. The molecule has 0 saturated carbocycles. The summed E-state index contributed by atoms with van der Waals surface area (Å²) < 4.78 is 51.6. The van der Waals surface area contributed by atoms with Gasteiger partial charge >= 0.3 is 11.9 Å². The van der Waals surface area contributed by atoms with Crippen molar-refractivity contribution in [1.82, 2.24) is 15.4 Å². The van der Waals surface area contributed by atoms with Crippen LogP contribution in [0.15, 0.2) is 0 Å². The lowest BCUT2D eigenvalue weighted by molar-refractivity contribution is -0.172. The highest BCUT2D eigenvalue weighted by atomic mass is 19.2. The Kier molecular flexibility index (Phi) is 10.8. The summed E-state index contributed by atoms with van der Waals surface area (Å²) in [4.78, 5) is 35.0. The number of nitrogens with zero attached hydrogens (tertiary/aromatic N) is 3. The maximum atomic E-state index is 14.2. The van der Waals surface area contributed by atoms with E-state index >= 15 is 0 Å². The second-order valence-corrected chi connectivity index (χ2v) is 8.51. The second kappa shape index (κ2) is 11.5. The van der Waals surface area contributed by atoms with Crippen LogP contribution in [0.3, 0.4) is 0 Å². The third-order valence-corrected chi connectivity index (χ3v) is 3.16. The topological polar surface area (TPSA) is 79.4 Å². The van der Waals surface area contributed by atoms with Crippen LogP contribution >= 0.6 is 0 Å². The molecule has 170 valence electrons. The lowest BCUT2D eigenvalue weighted by Gasteiger charge is -2.26. The average molecular weight is 427 g/mol. The van der Waals surface area contributed by atoms with Crippen molar-refractivity contribution in [2.45, 2.75) is 65.7 Å². The largest absolute Gasteiger partial charge is 0.459 e. The van der Waals surface area contributed by atoms with E-state index in [1.165, 1.54) is 0 Å². The fourth-order valence-electron chi connectivity index (χ4n) is 2.09. The van der Waals surface area contributed by atoms with Gasteiger partial charge in [-0.05, 0) is 48.5 Å². The fourth-order valence-corrected chi connectivity index (χ4v) is 2.09. The number of rotatable bonds is 11. The van der Waals surface area contributed by atoms with E-state index in [1.54, 1.807) is 41.5 Å². The first-order chi connectivity index (χ1) is 13.0. The number of hydrogen-bond donors (Lipinski definition) is 0. The van der Waals surface area contributed by atoms with Crippen LogP contribution in [0, 0.1) is 0 Å². The normalized spacial score (nSPS) is 13.7. The zero-order valence-corrected chi connectivity index (χ0v) is 18.1. The van der Waals surface area contributed by atoms with Crippen LogP contribution in [0.25, 0.3) is 0 Å². The number of hydrogen-bond acceptors (Lipinski definition) is 8. The molecule has 0 N–H and O–H groups in total. The molecule has 1 unspecified atom stereocenters. The molecule has 0 radical (unpaired) electrons. The van der Waals surface area contributed by atoms with Crippen molar-refractivity contribution in [2.75, 3.05) is 32.7 Å². The Balaban J connectivity index is 4.46. The summed E-state index contributed by atoms with van der Waals surface area (Å²) >= 11 is 0. The predicted molar refractivity (Wildman–Crippen MR) is 99.3 cm³/mol. The van der Waals surface area contributed by atoms with Crippen molar-refractivity contribution in [3.8, 4) is 0 Å². The number of ether oxygens (including phenoxy) is 2. The molecular weight excluding hydrogens is 395 g/mol. The van der Waals surface area contributed by atoms with Gasteiger partial charge < -0.3 is 9.47 Å². The van der Waals surface area contributed by atoms with Gasteiger partial charge in [0.15, 0.2) is 11.8 Å². The molecule has 0 saturated heterocycles. The van der Waals surface area contributed by atoms with Gasteiger partial charge in [0.25, 0.3) is 0 Å². The number of carbonyl (C=O) groups is 3. The highest BCUT2D eigenvalue weighted by Gasteiger charge is 2.35. The molecule has 0 aliphatic rings. The Bertz CT molecular complexity index is 564. The van der Waals surface area contributed by atoms with E-state index in [4.69, 9.17) is 9.47 Å². The molecule has 0 aromatic heterocycles. The van der Waals surface area contributed by atoms with E-state index in [0.29, 0.717) is 0 Å². The zero-order valence-electron chi connectivity index (χ0n) is 18.1. The SMILES string of the molecule is CC(=O)C(C(=O)OC(C)(C)C)N(F)CCN(F)CCN(F)CC(=O)OC(C)(C)C. The van der Waals surface area contributed by atoms with Gasteiger partial charge in [0.2, 0.25) is 0 Å². The van der Waals surface area contributed by atoms with Gasteiger partial charge in [-0.3, -0.25) is 9.59 Å². The highest BCUT2D eigenvalue weighted by molar-refractivity contribution is 6.01. The predicted octanol–water partition coefficient (Wildman–Crippen LogP) is 2.19. The van der Waals surface area contributed by atoms with E-state index < -0.39 is 67.7 Å². The number of esters is 2. The van der Waals surface area contributed by atoms with Crippen molar-refractivity contribution < 1.29 is 37.3 Å². The van der Waals surface area contributed by atoms with Crippen LogP contribution in [-0.2, 0) is 23.9 Å². The van der Waals surface area contributed by atoms with Crippen LogP contribution in [0.1, 0.15) is 48.5 Å². The molecular formula is C18H32F3N3O5. The van der Waals surface area contributed by atoms with Gasteiger partial charge in [-0.2, -0.15) is 0 Å². The lowest BCUT2D eigenvalue weighted by atomic mass is 10.1. The molecule has 0 amide bonds.